The van der Waals surface area contributed by atoms with E-state index in [9.17, 15) is 9.59 Å². The number of hydrogen-bond acceptors (Lipinski definition) is 5. The molecule has 19 heavy (non-hydrogen) atoms. The summed E-state index contributed by atoms with van der Waals surface area (Å²) in [4.78, 5) is 25.0. The largest absolute Gasteiger partial charge is 0.464 e. The van der Waals surface area contributed by atoms with Crippen LogP contribution < -0.4 is 0 Å². The summed E-state index contributed by atoms with van der Waals surface area (Å²) in [7, 11) is 0. The fraction of sp³-hybridized carbons (Fsp3) is 0.643. The molecule has 1 rings (SSSR count). The second kappa shape index (κ2) is 7.57. The van der Waals surface area contributed by atoms with Crippen molar-refractivity contribution in [2.24, 2.45) is 5.92 Å². The quantitative estimate of drug-likeness (QED) is 0.539. The van der Waals surface area contributed by atoms with Crippen LogP contribution in [-0.2, 0) is 14.3 Å². The molecular formula is C14H20N2O3. The van der Waals surface area contributed by atoms with Gasteiger partial charge in [0.2, 0.25) is 0 Å². The lowest BCUT2D eigenvalue weighted by Crippen LogP contribution is -2.48. The SMILES string of the molecule is CCCCN1C=C(C#N)C[C@H](C=O)[C@H]1C(=O)OCC. The Morgan fingerprint density at radius 2 is 2.37 bits per heavy atom. The molecule has 1 aliphatic heterocycles. The van der Waals surface area contributed by atoms with Crippen LogP contribution in [0.15, 0.2) is 11.8 Å². The maximum atomic E-state index is 12.0. The smallest absolute Gasteiger partial charge is 0.329 e. The van der Waals surface area contributed by atoms with Crippen molar-refractivity contribution in [1.82, 2.24) is 4.90 Å². The molecule has 0 spiro atoms. The number of hydrogen-bond donors (Lipinski definition) is 0. The Bertz CT molecular complexity index is 398. The van der Waals surface area contributed by atoms with Crippen molar-refractivity contribution >= 4 is 12.3 Å². The third-order valence-electron chi connectivity index (χ3n) is 3.16. The van der Waals surface area contributed by atoms with Crippen LogP contribution in [0.1, 0.15) is 33.1 Å². The van der Waals surface area contributed by atoms with Gasteiger partial charge in [-0.25, -0.2) is 4.79 Å². The van der Waals surface area contributed by atoms with Gasteiger partial charge in [-0.05, 0) is 19.8 Å². The second-order valence-electron chi connectivity index (χ2n) is 4.56. The fourth-order valence-electron chi connectivity index (χ4n) is 2.22. The van der Waals surface area contributed by atoms with Crippen molar-refractivity contribution < 1.29 is 14.3 Å². The van der Waals surface area contributed by atoms with Gasteiger partial charge >= 0.3 is 5.97 Å². The van der Waals surface area contributed by atoms with E-state index in [1.54, 1.807) is 18.0 Å². The van der Waals surface area contributed by atoms with E-state index in [2.05, 4.69) is 13.0 Å². The van der Waals surface area contributed by atoms with Gasteiger partial charge in [-0.3, -0.25) is 0 Å². The zero-order chi connectivity index (χ0) is 14.3. The van der Waals surface area contributed by atoms with Gasteiger partial charge in [-0.2, -0.15) is 5.26 Å². The zero-order valence-corrected chi connectivity index (χ0v) is 11.5. The Balaban J connectivity index is 2.97. The summed E-state index contributed by atoms with van der Waals surface area (Å²) >= 11 is 0. The van der Waals surface area contributed by atoms with E-state index in [-0.39, 0.29) is 12.6 Å². The molecule has 5 heteroatoms. The Morgan fingerprint density at radius 3 is 2.89 bits per heavy atom. The van der Waals surface area contributed by atoms with Crippen molar-refractivity contribution in [2.45, 2.75) is 39.2 Å². The third-order valence-corrected chi connectivity index (χ3v) is 3.16. The number of rotatable bonds is 6. The first-order chi connectivity index (χ1) is 9.17. The molecule has 0 N–H and O–H groups in total. The van der Waals surface area contributed by atoms with Crippen molar-refractivity contribution in [3.8, 4) is 6.07 Å². The van der Waals surface area contributed by atoms with Crippen LogP contribution >= 0.6 is 0 Å². The molecule has 5 nitrogen and oxygen atoms in total. The van der Waals surface area contributed by atoms with Crippen molar-refractivity contribution in [3.05, 3.63) is 11.8 Å². The molecule has 104 valence electrons. The van der Waals surface area contributed by atoms with Crippen molar-refractivity contribution in [3.63, 3.8) is 0 Å². The van der Waals surface area contributed by atoms with E-state index in [0.717, 1.165) is 19.1 Å². The minimum atomic E-state index is -0.596. The third kappa shape index (κ3) is 3.82. The Kier molecular flexibility index (Phi) is 6.07. The molecule has 0 amide bonds. The maximum absolute atomic E-state index is 12.0. The summed E-state index contributed by atoms with van der Waals surface area (Å²) in [6, 6.07) is 1.48. The second-order valence-corrected chi connectivity index (χ2v) is 4.56. The summed E-state index contributed by atoms with van der Waals surface area (Å²) in [5.41, 5.74) is 0.536. The van der Waals surface area contributed by atoms with E-state index in [4.69, 9.17) is 10.00 Å². The van der Waals surface area contributed by atoms with E-state index < -0.39 is 12.0 Å². The molecule has 0 radical (unpaired) electrons. The standard InChI is InChI=1S/C14H20N2O3/c1-3-5-6-16-9-11(8-15)7-12(10-17)13(16)14(18)19-4-2/h9-10,12-13H,3-7H2,1-2H3/t12-,13+/m1/s1. The predicted molar refractivity (Wildman–Crippen MR) is 69.9 cm³/mol. The average molecular weight is 264 g/mol. The Hall–Kier alpha value is -1.83. The van der Waals surface area contributed by atoms with Gasteiger partial charge in [0.25, 0.3) is 0 Å². The maximum Gasteiger partial charge on any atom is 0.329 e. The van der Waals surface area contributed by atoms with Crippen molar-refractivity contribution in [2.75, 3.05) is 13.2 Å². The van der Waals surface area contributed by atoms with Gasteiger partial charge in [0, 0.05) is 18.3 Å². The summed E-state index contributed by atoms with van der Waals surface area (Å²) < 4.78 is 5.04. The number of carbonyl (C=O) groups is 2. The van der Waals surface area contributed by atoms with E-state index in [0.29, 0.717) is 18.5 Å². The highest BCUT2D eigenvalue weighted by atomic mass is 16.5. The first-order valence-electron chi connectivity index (χ1n) is 6.66. The Morgan fingerprint density at radius 1 is 1.63 bits per heavy atom. The summed E-state index contributed by atoms with van der Waals surface area (Å²) in [6.45, 7) is 4.73. The predicted octanol–water partition coefficient (Wildman–Crippen LogP) is 1.65. The number of nitrogens with zero attached hydrogens (tertiary/aromatic N) is 2. The molecule has 1 heterocycles. The number of allylic oxidation sites excluding steroid dienone is 1. The summed E-state index contributed by atoms with van der Waals surface area (Å²) in [6.07, 6.45) is 4.64. The topological polar surface area (TPSA) is 70.4 Å². The lowest BCUT2D eigenvalue weighted by Gasteiger charge is -2.36. The van der Waals surface area contributed by atoms with Gasteiger partial charge in [0.05, 0.1) is 18.6 Å². The van der Waals surface area contributed by atoms with E-state index >= 15 is 0 Å². The molecule has 2 atom stereocenters. The van der Waals surface area contributed by atoms with Gasteiger partial charge in [-0.1, -0.05) is 13.3 Å². The van der Waals surface area contributed by atoms with E-state index in [1.807, 2.05) is 0 Å². The molecule has 1 aliphatic rings. The van der Waals surface area contributed by atoms with Crippen LogP contribution in [0.3, 0.4) is 0 Å². The summed E-state index contributed by atoms with van der Waals surface area (Å²) in [5.74, 6) is -0.889. The highest BCUT2D eigenvalue weighted by Gasteiger charge is 2.37. The summed E-state index contributed by atoms with van der Waals surface area (Å²) in [5, 5.41) is 9.00. The first kappa shape index (κ1) is 15.2. The van der Waals surface area contributed by atoms with Crippen LogP contribution in [0.4, 0.5) is 0 Å². The van der Waals surface area contributed by atoms with Gasteiger partial charge in [0.1, 0.15) is 12.3 Å². The number of ether oxygens (including phenoxy) is 1. The number of carbonyl (C=O) groups excluding carboxylic acids is 2. The highest BCUT2D eigenvalue weighted by Crippen LogP contribution is 2.26. The lowest BCUT2D eigenvalue weighted by molar-refractivity contribution is -0.152. The number of nitriles is 1. The number of esters is 1. The van der Waals surface area contributed by atoms with Crippen LogP contribution in [0, 0.1) is 17.2 Å². The molecule has 0 aromatic rings. The van der Waals surface area contributed by atoms with Crippen molar-refractivity contribution in [1.29, 1.82) is 5.26 Å². The fourth-order valence-corrected chi connectivity index (χ4v) is 2.22. The number of unbranched alkanes of at least 4 members (excludes halogenated alkanes) is 1. The van der Waals surface area contributed by atoms with E-state index in [1.165, 1.54) is 0 Å². The number of aldehydes is 1. The molecule has 0 aromatic heterocycles. The van der Waals surface area contributed by atoms with Crippen LogP contribution in [0.2, 0.25) is 0 Å². The average Bonchev–Trinajstić information content (AvgIpc) is 2.43. The molecule has 0 fully saturated rings. The van der Waals surface area contributed by atoms with Crippen LogP contribution in [-0.4, -0.2) is 36.3 Å². The van der Waals surface area contributed by atoms with Gasteiger partial charge in [0.15, 0.2) is 0 Å². The normalized spacial score (nSPS) is 22.4. The Labute approximate surface area is 113 Å². The molecule has 0 unspecified atom stereocenters. The van der Waals surface area contributed by atoms with Crippen LogP contribution in [0.5, 0.6) is 0 Å². The molecule has 0 saturated heterocycles. The van der Waals surface area contributed by atoms with Crippen LogP contribution in [0.25, 0.3) is 0 Å². The molecule has 0 aliphatic carbocycles. The molecule has 0 bridgehead atoms. The molecular weight excluding hydrogens is 244 g/mol. The zero-order valence-electron chi connectivity index (χ0n) is 11.5. The first-order valence-corrected chi connectivity index (χ1v) is 6.66. The molecule has 0 saturated carbocycles. The molecule has 0 aromatic carbocycles. The lowest BCUT2D eigenvalue weighted by atomic mass is 9.89. The van der Waals surface area contributed by atoms with Gasteiger partial charge in [-0.15, -0.1) is 0 Å². The van der Waals surface area contributed by atoms with Gasteiger partial charge < -0.3 is 14.4 Å². The minimum absolute atomic E-state index is 0.289. The monoisotopic (exact) mass is 264 g/mol. The minimum Gasteiger partial charge on any atom is -0.464 e. The highest BCUT2D eigenvalue weighted by molar-refractivity contribution is 5.81.